The van der Waals surface area contributed by atoms with E-state index in [2.05, 4.69) is 0 Å². The highest BCUT2D eigenvalue weighted by Gasteiger charge is 2.48. The third-order valence-corrected chi connectivity index (χ3v) is 3.49. The fraction of sp³-hybridized carbons (Fsp3) is 0.917. The van der Waals surface area contributed by atoms with Gasteiger partial charge >= 0.3 is 5.97 Å². The first kappa shape index (κ1) is 13.5. The number of carbonyl (C=O) groups is 1. The van der Waals surface area contributed by atoms with Crippen molar-refractivity contribution in [2.24, 2.45) is 0 Å². The lowest BCUT2D eigenvalue weighted by Gasteiger charge is -2.35. The molecule has 0 aliphatic carbocycles. The third-order valence-electron chi connectivity index (χ3n) is 3.49. The minimum atomic E-state index is -0.789. The summed E-state index contributed by atoms with van der Waals surface area (Å²) in [7, 11) is 1.86. The molecule has 0 aromatic heterocycles. The van der Waals surface area contributed by atoms with Gasteiger partial charge in [0, 0.05) is 6.04 Å². The van der Waals surface area contributed by atoms with Crippen LogP contribution in [0.25, 0.3) is 0 Å². The van der Waals surface area contributed by atoms with Gasteiger partial charge in [0.1, 0.15) is 6.04 Å². The molecule has 0 saturated carbocycles. The summed E-state index contributed by atoms with van der Waals surface area (Å²) in [6.07, 6.45) is 0.855. The Labute approximate surface area is 97.6 Å². The number of rotatable bonds is 3. The minimum absolute atomic E-state index is 0.133. The van der Waals surface area contributed by atoms with Crippen molar-refractivity contribution in [1.29, 1.82) is 0 Å². The van der Waals surface area contributed by atoms with Gasteiger partial charge in [0.05, 0.1) is 11.2 Å². The quantitative estimate of drug-likeness (QED) is 0.801. The molecule has 1 fully saturated rings. The van der Waals surface area contributed by atoms with Crippen LogP contribution >= 0.6 is 0 Å². The van der Waals surface area contributed by atoms with Gasteiger partial charge in [-0.2, -0.15) is 0 Å². The van der Waals surface area contributed by atoms with Gasteiger partial charge in [-0.3, -0.25) is 9.69 Å². The van der Waals surface area contributed by atoms with Crippen LogP contribution in [0.1, 0.15) is 41.0 Å². The molecule has 94 valence electrons. The highest BCUT2D eigenvalue weighted by atomic mass is 16.5. The van der Waals surface area contributed by atoms with Crippen molar-refractivity contribution < 1.29 is 14.6 Å². The van der Waals surface area contributed by atoms with E-state index in [-0.39, 0.29) is 17.2 Å². The van der Waals surface area contributed by atoms with E-state index in [1.54, 1.807) is 6.92 Å². The number of nitrogens with zero attached hydrogens (tertiary/aromatic N) is 1. The Kier molecular flexibility index (Phi) is 3.37. The predicted molar refractivity (Wildman–Crippen MR) is 62.5 cm³/mol. The van der Waals surface area contributed by atoms with E-state index in [9.17, 15) is 4.79 Å². The molecule has 1 aliphatic rings. The van der Waals surface area contributed by atoms with E-state index in [0.29, 0.717) is 0 Å². The summed E-state index contributed by atoms with van der Waals surface area (Å²) in [5, 5.41) is 9.03. The Morgan fingerprint density at radius 1 is 1.44 bits per heavy atom. The first-order valence-corrected chi connectivity index (χ1v) is 5.72. The van der Waals surface area contributed by atoms with Crippen LogP contribution in [0.3, 0.4) is 0 Å². The van der Waals surface area contributed by atoms with Crippen molar-refractivity contribution in [3.8, 4) is 0 Å². The fourth-order valence-corrected chi connectivity index (χ4v) is 2.61. The van der Waals surface area contributed by atoms with Gasteiger partial charge in [-0.05, 0) is 48.1 Å². The normalized spacial score (nSPS) is 29.3. The number of hydrogen-bond acceptors (Lipinski definition) is 3. The van der Waals surface area contributed by atoms with E-state index >= 15 is 0 Å². The summed E-state index contributed by atoms with van der Waals surface area (Å²) < 4.78 is 5.97. The van der Waals surface area contributed by atoms with Crippen LogP contribution in [0.5, 0.6) is 0 Å². The highest BCUT2D eigenvalue weighted by molar-refractivity contribution is 5.72. The molecule has 16 heavy (non-hydrogen) atoms. The summed E-state index contributed by atoms with van der Waals surface area (Å²) >= 11 is 0. The van der Waals surface area contributed by atoms with E-state index in [1.807, 2.05) is 39.6 Å². The summed E-state index contributed by atoms with van der Waals surface area (Å²) in [6, 6.07) is -0.352. The molecule has 0 bridgehead atoms. The number of carboxylic acid groups (broad SMARTS) is 1. The van der Waals surface area contributed by atoms with Gasteiger partial charge in [0.15, 0.2) is 0 Å². The summed E-state index contributed by atoms with van der Waals surface area (Å²) in [5.41, 5.74) is -0.484. The second-order valence-corrected chi connectivity index (χ2v) is 5.86. The lowest BCUT2D eigenvalue weighted by atomic mass is 9.92. The van der Waals surface area contributed by atoms with Gasteiger partial charge in [-0.1, -0.05) is 0 Å². The number of ether oxygens (including phenoxy) is 1. The highest BCUT2D eigenvalue weighted by Crippen LogP contribution is 2.40. The topological polar surface area (TPSA) is 49.8 Å². The van der Waals surface area contributed by atoms with Crippen molar-refractivity contribution in [2.45, 2.75) is 64.3 Å². The smallest absolute Gasteiger partial charge is 0.320 e. The lowest BCUT2D eigenvalue weighted by Crippen LogP contribution is -2.50. The van der Waals surface area contributed by atoms with Crippen LogP contribution in [0.4, 0.5) is 0 Å². The molecule has 1 heterocycles. The molecule has 2 unspecified atom stereocenters. The van der Waals surface area contributed by atoms with Crippen LogP contribution in [0.15, 0.2) is 0 Å². The van der Waals surface area contributed by atoms with Gasteiger partial charge in [-0.25, -0.2) is 0 Å². The summed E-state index contributed by atoms with van der Waals surface area (Å²) in [5.74, 6) is -0.789. The first-order chi connectivity index (χ1) is 7.07. The van der Waals surface area contributed by atoms with Gasteiger partial charge < -0.3 is 9.84 Å². The van der Waals surface area contributed by atoms with Crippen molar-refractivity contribution in [3.05, 3.63) is 0 Å². The van der Waals surface area contributed by atoms with E-state index in [0.717, 1.165) is 6.42 Å². The number of hydrogen-bond donors (Lipinski definition) is 1. The molecule has 1 rings (SSSR count). The maximum atomic E-state index is 11.0. The van der Waals surface area contributed by atoms with Gasteiger partial charge in [0.25, 0.3) is 0 Å². The number of carboxylic acids is 1. The molecule has 1 aliphatic heterocycles. The van der Waals surface area contributed by atoms with Crippen molar-refractivity contribution in [2.75, 3.05) is 7.05 Å². The first-order valence-electron chi connectivity index (χ1n) is 5.72. The summed E-state index contributed by atoms with van der Waals surface area (Å²) in [4.78, 5) is 12.9. The number of likely N-dealkylation sites (N-methyl/N-ethyl adjacent to an activating group) is 1. The maximum absolute atomic E-state index is 11.0. The molecule has 0 amide bonds. The van der Waals surface area contributed by atoms with Crippen LogP contribution in [-0.2, 0) is 9.53 Å². The van der Waals surface area contributed by atoms with Gasteiger partial charge in [-0.15, -0.1) is 0 Å². The Morgan fingerprint density at radius 3 is 2.25 bits per heavy atom. The fourth-order valence-electron chi connectivity index (χ4n) is 2.61. The van der Waals surface area contributed by atoms with Crippen molar-refractivity contribution in [1.82, 2.24) is 4.90 Å². The molecule has 4 nitrogen and oxygen atoms in total. The standard InChI is InChI=1S/C12H23NO3/c1-8(10(14)15)13(6)9-7-11(2,3)16-12(9,4)5/h8-9H,7H2,1-6H3,(H,14,15). The lowest BCUT2D eigenvalue weighted by molar-refractivity contribution is -0.144. The molecular formula is C12H23NO3. The van der Waals surface area contributed by atoms with Crippen molar-refractivity contribution in [3.63, 3.8) is 0 Å². The number of aliphatic carboxylic acids is 1. The largest absolute Gasteiger partial charge is 0.480 e. The molecule has 2 atom stereocenters. The van der Waals surface area contributed by atoms with Crippen LogP contribution in [-0.4, -0.2) is 46.3 Å². The van der Waals surface area contributed by atoms with E-state index in [4.69, 9.17) is 9.84 Å². The molecule has 1 saturated heterocycles. The molecule has 0 spiro atoms. The van der Waals surface area contributed by atoms with Crippen LogP contribution < -0.4 is 0 Å². The Morgan fingerprint density at radius 2 is 1.94 bits per heavy atom. The molecule has 0 radical (unpaired) electrons. The van der Waals surface area contributed by atoms with Crippen LogP contribution in [0.2, 0.25) is 0 Å². The second-order valence-electron chi connectivity index (χ2n) is 5.86. The Balaban J connectivity index is 2.84. The van der Waals surface area contributed by atoms with Crippen molar-refractivity contribution >= 4 is 5.97 Å². The molecular weight excluding hydrogens is 206 g/mol. The zero-order chi connectivity index (χ0) is 12.7. The maximum Gasteiger partial charge on any atom is 0.320 e. The predicted octanol–water partition coefficient (Wildman–Crippen LogP) is 1.74. The van der Waals surface area contributed by atoms with Gasteiger partial charge in [0.2, 0.25) is 0 Å². The van der Waals surface area contributed by atoms with E-state index < -0.39 is 12.0 Å². The summed E-state index contributed by atoms with van der Waals surface area (Å²) in [6.45, 7) is 9.86. The monoisotopic (exact) mass is 229 g/mol. The average Bonchev–Trinajstić information content (AvgIpc) is 2.31. The average molecular weight is 229 g/mol. The minimum Gasteiger partial charge on any atom is -0.480 e. The second kappa shape index (κ2) is 4.00. The Hall–Kier alpha value is -0.610. The van der Waals surface area contributed by atoms with E-state index in [1.165, 1.54) is 0 Å². The zero-order valence-corrected chi connectivity index (χ0v) is 11.1. The SMILES string of the molecule is CC(C(=O)O)N(C)C1CC(C)(C)OC1(C)C. The zero-order valence-electron chi connectivity index (χ0n) is 11.1. The molecule has 0 aromatic carbocycles. The molecule has 4 heteroatoms. The Bertz CT molecular complexity index is 286. The third kappa shape index (κ3) is 2.55. The van der Waals surface area contributed by atoms with Crippen LogP contribution in [0, 0.1) is 0 Å². The molecule has 1 N–H and O–H groups in total. The molecule has 0 aromatic rings.